The minimum absolute atomic E-state index is 0.00774. The number of imidazole rings is 1. The Kier molecular flexibility index (Phi) is 7.01. The maximum atomic E-state index is 14.2. The molecule has 0 amide bonds. The molecule has 0 saturated carbocycles. The van der Waals surface area contributed by atoms with Crippen LogP contribution in [0, 0.1) is 0 Å². The SMILES string of the molecule is CCOC(=O)C(c1ncn2c1C[C@@H](F)C2)n1cc2c(Cl)cc(-c3ccc(C4CNCCO4)cc3)c(OC)c2n1. The van der Waals surface area contributed by atoms with Crippen molar-refractivity contribution < 1.29 is 23.4 Å². The molecule has 0 aliphatic carbocycles. The Morgan fingerprint density at radius 3 is 2.87 bits per heavy atom. The molecule has 1 fully saturated rings. The molecule has 2 aromatic carbocycles. The molecule has 204 valence electrons. The summed E-state index contributed by atoms with van der Waals surface area (Å²) < 4.78 is 34.5. The molecule has 3 atom stereocenters. The summed E-state index contributed by atoms with van der Waals surface area (Å²) in [6.07, 6.45) is 2.41. The number of fused-ring (bicyclic) bond motifs is 2. The normalized spacial score (nSPS) is 19.7. The minimum Gasteiger partial charge on any atom is -0.494 e. The van der Waals surface area contributed by atoms with E-state index in [9.17, 15) is 9.18 Å². The molecular weight excluding hydrogens is 525 g/mol. The Morgan fingerprint density at radius 2 is 2.15 bits per heavy atom. The number of hydrogen-bond acceptors (Lipinski definition) is 7. The zero-order valence-corrected chi connectivity index (χ0v) is 22.4. The highest BCUT2D eigenvalue weighted by Crippen LogP contribution is 2.41. The molecule has 2 aromatic heterocycles. The van der Waals surface area contributed by atoms with E-state index in [1.54, 1.807) is 31.1 Å². The van der Waals surface area contributed by atoms with Crippen LogP contribution in [0.1, 0.15) is 36.0 Å². The van der Waals surface area contributed by atoms with Crippen LogP contribution in [0.4, 0.5) is 4.39 Å². The van der Waals surface area contributed by atoms with Crippen molar-refractivity contribution in [3.8, 4) is 16.9 Å². The number of hydrogen-bond donors (Lipinski definition) is 1. The van der Waals surface area contributed by atoms with Crippen molar-refractivity contribution in [2.45, 2.75) is 38.2 Å². The van der Waals surface area contributed by atoms with Gasteiger partial charge in [-0.15, -0.1) is 0 Å². The van der Waals surface area contributed by atoms with Crippen molar-refractivity contribution in [1.29, 1.82) is 0 Å². The van der Waals surface area contributed by atoms with E-state index in [0.717, 1.165) is 29.8 Å². The summed E-state index contributed by atoms with van der Waals surface area (Å²) in [6.45, 7) is 4.43. The Balaban J connectivity index is 1.42. The summed E-state index contributed by atoms with van der Waals surface area (Å²) in [6, 6.07) is 8.94. The minimum atomic E-state index is -1.02. The lowest BCUT2D eigenvalue weighted by atomic mass is 9.99. The Hall–Kier alpha value is -3.47. The average Bonchev–Trinajstić information content (AvgIpc) is 3.65. The van der Waals surface area contributed by atoms with E-state index in [4.69, 9.17) is 30.9 Å². The summed E-state index contributed by atoms with van der Waals surface area (Å²) in [4.78, 5) is 17.6. The topological polar surface area (TPSA) is 92.4 Å². The average molecular weight is 554 g/mol. The van der Waals surface area contributed by atoms with Crippen LogP contribution in [0.15, 0.2) is 42.9 Å². The van der Waals surface area contributed by atoms with Crippen molar-refractivity contribution in [3.05, 3.63) is 64.8 Å². The predicted octanol–water partition coefficient (Wildman–Crippen LogP) is 4.27. The van der Waals surface area contributed by atoms with Gasteiger partial charge in [-0.3, -0.25) is 4.68 Å². The number of carbonyl (C=O) groups excluding carboxylic acids is 1. The Bertz CT molecular complexity index is 1510. The number of rotatable bonds is 7. The van der Waals surface area contributed by atoms with Crippen molar-refractivity contribution in [3.63, 3.8) is 0 Å². The van der Waals surface area contributed by atoms with Gasteiger partial charge >= 0.3 is 5.97 Å². The maximum absolute atomic E-state index is 14.2. The van der Waals surface area contributed by atoms with E-state index in [-0.39, 0.29) is 25.7 Å². The fourth-order valence-corrected chi connectivity index (χ4v) is 5.67. The second kappa shape index (κ2) is 10.6. The van der Waals surface area contributed by atoms with E-state index < -0.39 is 18.2 Å². The van der Waals surface area contributed by atoms with Gasteiger partial charge in [0.1, 0.15) is 11.7 Å². The van der Waals surface area contributed by atoms with Gasteiger partial charge in [0.2, 0.25) is 0 Å². The highest BCUT2D eigenvalue weighted by atomic mass is 35.5. The summed E-state index contributed by atoms with van der Waals surface area (Å²) in [5, 5.41) is 9.18. The smallest absolute Gasteiger partial charge is 0.337 e. The van der Waals surface area contributed by atoms with Gasteiger partial charge in [0.25, 0.3) is 0 Å². The highest BCUT2D eigenvalue weighted by Gasteiger charge is 2.35. The Labute approximate surface area is 229 Å². The van der Waals surface area contributed by atoms with Crippen LogP contribution in [0.2, 0.25) is 5.02 Å². The number of alkyl halides is 1. The zero-order valence-electron chi connectivity index (χ0n) is 21.7. The summed E-state index contributed by atoms with van der Waals surface area (Å²) in [5.74, 6) is -0.00239. The second-order valence-corrected chi connectivity index (χ2v) is 10.1. The summed E-state index contributed by atoms with van der Waals surface area (Å²) in [5.41, 5.74) is 4.34. The monoisotopic (exact) mass is 553 g/mol. The van der Waals surface area contributed by atoms with Gasteiger partial charge in [0.05, 0.1) is 50.0 Å². The van der Waals surface area contributed by atoms with Crippen molar-refractivity contribution in [2.75, 3.05) is 33.4 Å². The number of morpholine rings is 1. The molecule has 2 unspecified atom stereocenters. The van der Waals surface area contributed by atoms with Crippen LogP contribution in [0.3, 0.4) is 0 Å². The molecule has 6 rings (SSSR count). The molecule has 0 radical (unpaired) electrons. The first kappa shape index (κ1) is 25.8. The first-order valence-electron chi connectivity index (χ1n) is 13.0. The van der Waals surface area contributed by atoms with Crippen LogP contribution in [0.25, 0.3) is 22.0 Å². The van der Waals surface area contributed by atoms with E-state index in [1.165, 1.54) is 4.68 Å². The quantitative estimate of drug-likeness (QED) is 0.342. The summed E-state index contributed by atoms with van der Waals surface area (Å²) in [7, 11) is 1.58. The lowest BCUT2D eigenvalue weighted by molar-refractivity contribution is -0.146. The number of ether oxygens (including phenoxy) is 3. The first-order valence-corrected chi connectivity index (χ1v) is 13.4. The largest absolute Gasteiger partial charge is 0.494 e. The van der Waals surface area contributed by atoms with Gasteiger partial charge in [-0.2, -0.15) is 5.10 Å². The van der Waals surface area contributed by atoms with Gasteiger partial charge in [0, 0.05) is 42.4 Å². The molecule has 4 heterocycles. The third-order valence-electron chi connectivity index (χ3n) is 7.27. The maximum Gasteiger partial charge on any atom is 0.337 e. The summed E-state index contributed by atoms with van der Waals surface area (Å²) >= 11 is 6.77. The molecule has 2 aliphatic heterocycles. The molecule has 39 heavy (non-hydrogen) atoms. The number of esters is 1. The second-order valence-electron chi connectivity index (χ2n) is 9.68. The number of halogens is 2. The number of nitrogens with one attached hydrogen (secondary N) is 1. The zero-order chi connectivity index (χ0) is 27.1. The molecule has 9 nitrogen and oxygen atoms in total. The Morgan fingerprint density at radius 1 is 1.33 bits per heavy atom. The standard InChI is InChI=1S/C28H29ClFN5O4/c1-3-38-28(36)26(25-22-10-18(30)13-34(22)15-32-25)35-14-20-21(29)11-19(27(37-2)24(20)33-35)16-4-6-17(7-5-16)23-12-31-8-9-39-23/h4-7,11,14-15,18,23,26,31H,3,8-10,12-13H2,1-2H3/t18-,23?,26?/m1/s1. The van der Waals surface area contributed by atoms with E-state index in [2.05, 4.69) is 10.3 Å². The fraction of sp³-hybridized carbons (Fsp3) is 0.393. The van der Waals surface area contributed by atoms with E-state index in [1.807, 2.05) is 30.3 Å². The van der Waals surface area contributed by atoms with E-state index in [0.29, 0.717) is 39.7 Å². The third kappa shape index (κ3) is 4.66. The van der Waals surface area contributed by atoms with Gasteiger partial charge < -0.3 is 24.1 Å². The lowest BCUT2D eigenvalue weighted by Crippen LogP contribution is -2.33. The first-order chi connectivity index (χ1) is 19.0. The van der Waals surface area contributed by atoms with Crippen LogP contribution in [0.5, 0.6) is 5.75 Å². The molecule has 4 aromatic rings. The van der Waals surface area contributed by atoms with Crippen LogP contribution < -0.4 is 10.1 Å². The molecule has 0 spiro atoms. The third-order valence-corrected chi connectivity index (χ3v) is 7.58. The van der Waals surface area contributed by atoms with Crippen molar-refractivity contribution in [2.24, 2.45) is 0 Å². The number of methoxy groups -OCH3 is 1. The van der Waals surface area contributed by atoms with Gasteiger partial charge in [-0.05, 0) is 24.1 Å². The molecule has 11 heteroatoms. The van der Waals surface area contributed by atoms with Crippen LogP contribution >= 0.6 is 11.6 Å². The van der Waals surface area contributed by atoms with E-state index >= 15 is 0 Å². The number of benzene rings is 2. The number of carbonyl (C=O) groups is 1. The molecule has 0 bridgehead atoms. The molecule has 2 aliphatic rings. The van der Waals surface area contributed by atoms with Crippen molar-refractivity contribution in [1.82, 2.24) is 24.6 Å². The predicted molar refractivity (Wildman–Crippen MR) is 144 cm³/mol. The van der Waals surface area contributed by atoms with Crippen LogP contribution in [-0.2, 0) is 27.2 Å². The van der Waals surface area contributed by atoms with Gasteiger partial charge in [0.15, 0.2) is 11.8 Å². The lowest BCUT2D eigenvalue weighted by Gasteiger charge is -2.24. The molecule has 1 N–H and O–H groups in total. The highest BCUT2D eigenvalue weighted by molar-refractivity contribution is 6.36. The fourth-order valence-electron chi connectivity index (χ4n) is 5.43. The van der Waals surface area contributed by atoms with Crippen molar-refractivity contribution >= 4 is 28.5 Å². The number of aromatic nitrogens is 4. The number of nitrogens with zero attached hydrogens (tertiary/aromatic N) is 4. The molecule has 1 saturated heterocycles. The van der Waals surface area contributed by atoms with Gasteiger partial charge in [-0.1, -0.05) is 35.9 Å². The van der Waals surface area contributed by atoms with Crippen LogP contribution in [-0.4, -0.2) is 64.9 Å². The van der Waals surface area contributed by atoms with Gasteiger partial charge in [-0.25, -0.2) is 14.2 Å². The molecular formula is C28H29ClFN5O4.